The van der Waals surface area contributed by atoms with Gasteiger partial charge >= 0.3 is 0 Å². The monoisotopic (exact) mass is 563 g/mol. The average molecular weight is 564 g/mol. The predicted molar refractivity (Wildman–Crippen MR) is 156 cm³/mol. The van der Waals surface area contributed by atoms with Crippen molar-refractivity contribution in [3.63, 3.8) is 0 Å². The van der Waals surface area contributed by atoms with Crippen LogP contribution < -0.4 is 5.32 Å². The van der Waals surface area contributed by atoms with Gasteiger partial charge in [-0.25, -0.2) is 8.42 Å². The third kappa shape index (κ3) is 6.96. The number of nitrogens with zero attached hydrogens (tertiary/aromatic N) is 2. The van der Waals surface area contributed by atoms with Crippen LogP contribution in [0.15, 0.2) is 18.2 Å². The highest BCUT2D eigenvalue weighted by atomic mass is 32.2. The van der Waals surface area contributed by atoms with E-state index in [1.165, 1.54) is 6.07 Å². The maximum atomic E-state index is 13.6. The first-order valence-electron chi connectivity index (χ1n) is 14.2. The zero-order chi connectivity index (χ0) is 29.5. The molecule has 2 aliphatic rings. The van der Waals surface area contributed by atoms with Gasteiger partial charge in [0.25, 0.3) is 5.91 Å². The SMILES string of the molecule is CC(C)N(C)[C@@H]1CC[C@H](N2CC[C@H](NC(=O)c3ccc(O)c(C(C)(C)C)c3)C2=O)[C@@H](CS(=O)(=O)C(C)(C)C)C1. The quantitative estimate of drug-likeness (QED) is 0.517. The highest BCUT2D eigenvalue weighted by molar-refractivity contribution is 7.92. The molecule has 1 aliphatic carbocycles. The fourth-order valence-corrected chi connectivity index (χ4v) is 7.24. The molecule has 0 spiro atoms. The summed E-state index contributed by atoms with van der Waals surface area (Å²) >= 11 is 0. The van der Waals surface area contributed by atoms with Crippen molar-refractivity contribution in [3.8, 4) is 5.75 Å². The first-order chi connectivity index (χ1) is 17.8. The lowest BCUT2D eigenvalue weighted by Crippen LogP contribution is -2.53. The molecule has 39 heavy (non-hydrogen) atoms. The average Bonchev–Trinajstić information content (AvgIpc) is 3.16. The lowest BCUT2D eigenvalue weighted by molar-refractivity contribution is -0.133. The zero-order valence-corrected chi connectivity index (χ0v) is 26.1. The standard InChI is InChI=1S/C30H49N3O5S/c1-19(2)32(9)22-11-12-25(21(16-22)18-39(37,38)30(6,7)8)33-15-14-24(28(33)36)31-27(35)20-10-13-26(34)23(17-20)29(3,4)5/h10,13,17,19,21-22,24-25,34H,11-12,14-16,18H2,1-9H3,(H,31,35)/t21-,22-,24+,25+/m1/s1. The van der Waals surface area contributed by atoms with Crippen LogP contribution in [-0.2, 0) is 20.0 Å². The van der Waals surface area contributed by atoms with Crippen molar-refractivity contribution in [1.82, 2.24) is 15.1 Å². The Labute approximate surface area is 235 Å². The molecule has 2 fully saturated rings. The molecule has 1 saturated carbocycles. The van der Waals surface area contributed by atoms with Crippen LogP contribution in [0.5, 0.6) is 5.75 Å². The minimum atomic E-state index is -3.38. The van der Waals surface area contributed by atoms with Gasteiger partial charge < -0.3 is 20.2 Å². The normalized spacial score (nSPS) is 25.0. The minimum absolute atomic E-state index is 0.0491. The summed E-state index contributed by atoms with van der Waals surface area (Å²) in [5.41, 5.74) is 0.724. The fraction of sp³-hybridized carbons (Fsp3) is 0.733. The Morgan fingerprint density at radius 3 is 2.33 bits per heavy atom. The number of carbonyl (C=O) groups excluding carboxylic acids is 2. The van der Waals surface area contributed by atoms with Gasteiger partial charge in [0, 0.05) is 35.8 Å². The summed E-state index contributed by atoms with van der Waals surface area (Å²) in [6.07, 6.45) is 2.85. The van der Waals surface area contributed by atoms with Gasteiger partial charge in [-0.2, -0.15) is 0 Å². The maximum Gasteiger partial charge on any atom is 0.251 e. The van der Waals surface area contributed by atoms with Crippen LogP contribution in [0.3, 0.4) is 0 Å². The molecule has 1 aliphatic heterocycles. The largest absolute Gasteiger partial charge is 0.508 e. The summed E-state index contributed by atoms with van der Waals surface area (Å²) < 4.78 is 25.7. The van der Waals surface area contributed by atoms with Crippen molar-refractivity contribution >= 4 is 21.7 Å². The summed E-state index contributed by atoms with van der Waals surface area (Å²) in [6, 6.07) is 4.55. The van der Waals surface area contributed by atoms with E-state index in [0.717, 1.165) is 19.3 Å². The van der Waals surface area contributed by atoms with Crippen LogP contribution in [-0.4, -0.2) is 83.4 Å². The van der Waals surface area contributed by atoms with Gasteiger partial charge in [0.15, 0.2) is 9.84 Å². The number of hydrogen-bond acceptors (Lipinski definition) is 6. The Morgan fingerprint density at radius 2 is 1.77 bits per heavy atom. The number of nitrogens with one attached hydrogen (secondary N) is 1. The summed E-state index contributed by atoms with van der Waals surface area (Å²) in [7, 11) is -1.29. The third-order valence-electron chi connectivity index (χ3n) is 8.68. The van der Waals surface area contributed by atoms with Crippen molar-refractivity contribution in [1.29, 1.82) is 0 Å². The molecule has 0 unspecified atom stereocenters. The summed E-state index contributed by atoms with van der Waals surface area (Å²) in [5, 5.41) is 13.2. The van der Waals surface area contributed by atoms with Crippen molar-refractivity contribution in [2.24, 2.45) is 5.92 Å². The van der Waals surface area contributed by atoms with Gasteiger partial charge in [-0.15, -0.1) is 0 Å². The second-order valence-corrected chi connectivity index (χ2v) is 16.6. The van der Waals surface area contributed by atoms with Crippen molar-refractivity contribution in [3.05, 3.63) is 29.3 Å². The number of phenolic OH excluding ortho intramolecular Hbond substituents is 1. The smallest absolute Gasteiger partial charge is 0.251 e. The molecule has 9 heteroatoms. The van der Waals surface area contributed by atoms with Gasteiger partial charge in [-0.3, -0.25) is 9.59 Å². The molecule has 0 bridgehead atoms. The topological polar surface area (TPSA) is 107 Å². The molecule has 0 radical (unpaired) electrons. The Kier molecular flexibility index (Phi) is 9.17. The Bertz CT molecular complexity index is 1170. The molecular weight excluding hydrogens is 514 g/mol. The van der Waals surface area contributed by atoms with E-state index < -0.39 is 20.6 Å². The fourth-order valence-electron chi connectivity index (χ4n) is 5.82. The number of amides is 2. The van der Waals surface area contributed by atoms with E-state index in [4.69, 9.17) is 0 Å². The van der Waals surface area contributed by atoms with Crippen molar-refractivity contribution in [2.45, 2.75) is 115 Å². The summed E-state index contributed by atoms with van der Waals surface area (Å²) in [6.45, 7) is 15.9. The number of phenols is 1. The van der Waals surface area contributed by atoms with E-state index in [1.807, 2.05) is 25.7 Å². The minimum Gasteiger partial charge on any atom is -0.508 e. The zero-order valence-electron chi connectivity index (χ0n) is 25.2. The van der Waals surface area contributed by atoms with Gasteiger partial charge in [-0.05, 0) is 96.9 Å². The molecular formula is C30H49N3O5S. The molecule has 3 rings (SSSR count). The maximum absolute atomic E-state index is 13.6. The van der Waals surface area contributed by atoms with E-state index >= 15 is 0 Å². The Morgan fingerprint density at radius 1 is 1.13 bits per heavy atom. The molecule has 1 saturated heterocycles. The number of benzene rings is 1. The molecule has 1 heterocycles. The van der Waals surface area contributed by atoms with Crippen LogP contribution in [0.1, 0.15) is 97.0 Å². The van der Waals surface area contributed by atoms with Crippen molar-refractivity contribution in [2.75, 3.05) is 19.3 Å². The molecule has 0 aromatic heterocycles. The molecule has 1 aromatic rings. The molecule has 220 valence electrons. The number of carbonyl (C=O) groups is 2. The van der Waals surface area contributed by atoms with E-state index in [2.05, 4.69) is 31.1 Å². The number of rotatable bonds is 7. The highest BCUT2D eigenvalue weighted by Gasteiger charge is 2.45. The van der Waals surface area contributed by atoms with Crippen LogP contribution in [0, 0.1) is 5.92 Å². The van der Waals surface area contributed by atoms with E-state index in [0.29, 0.717) is 30.1 Å². The number of hydrogen-bond donors (Lipinski definition) is 2. The summed E-state index contributed by atoms with van der Waals surface area (Å²) in [5.74, 6) is -0.476. The summed E-state index contributed by atoms with van der Waals surface area (Å²) in [4.78, 5) is 30.9. The van der Waals surface area contributed by atoms with Gasteiger partial charge in [0.1, 0.15) is 11.8 Å². The molecule has 2 amide bonds. The first-order valence-corrected chi connectivity index (χ1v) is 15.9. The molecule has 2 N–H and O–H groups in total. The lowest BCUT2D eigenvalue weighted by Gasteiger charge is -2.45. The Hall–Kier alpha value is -2.13. The lowest BCUT2D eigenvalue weighted by atomic mass is 9.81. The number of sulfone groups is 1. The van der Waals surface area contributed by atoms with Gasteiger partial charge in [0.05, 0.1) is 10.5 Å². The van der Waals surface area contributed by atoms with Crippen LogP contribution in [0.2, 0.25) is 0 Å². The van der Waals surface area contributed by atoms with E-state index in [9.17, 15) is 23.1 Å². The van der Waals surface area contributed by atoms with Crippen LogP contribution in [0.4, 0.5) is 0 Å². The molecule has 4 atom stereocenters. The Balaban J connectivity index is 1.79. The molecule has 1 aromatic carbocycles. The second kappa shape index (κ2) is 11.4. The van der Waals surface area contributed by atoms with Crippen LogP contribution in [0.25, 0.3) is 0 Å². The number of aromatic hydroxyl groups is 1. The number of likely N-dealkylation sites (tertiary alicyclic amines) is 1. The van der Waals surface area contributed by atoms with E-state index in [1.54, 1.807) is 32.9 Å². The van der Waals surface area contributed by atoms with Crippen LogP contribution >= 0.6 is 0 Å². The second-order valence-electron chi connectivity index (χ2n) is 13.8. The van der Waals surface area contributed by atoms with Gasteiger partial charge in [-0.1, -0.05) is 20.8 Å². The van der Waals surface area contributed by atoms with Gasteiger partial charge in [0.2, 0.25) is 5.91 Å². The van der Waals surface area contributed by atoms with Crippen molar-refractivity contribution < 1.29 is 23.1 Å². The predicted octanol–water partition coefficient (Wildman–Crippen LogP) is 4.11. The third-order valence-corrected chi connectivity index (χ3v) is 11.4. The molecule has 8 nitrogen and oxygen atoms in total. The first kappa shape index (κ1) is 31.4. The van der Waals surface area contributed by atoms with E-state index in [-0.39, 0.29) is 46.7 Å². The highest BCUT2D eigenvalue weighted by Crippen LogP contribution is 2.36.